The molecule has 1 fully saturated rings. The van der Waals surface area contributed by atoms with Gasteiger partial charge in [-0.2, -0.15) is 0 Å². The lowest BCUT2D eigenvalue weighted by Gasteiger charge is -2.20. The third kappa shape index (κ3) is 4.74. The molecular formula is C23H25N3O3S. The zero-order chi connectivity index (χ0) is 21.7. The molecule has 1 saturated heterocycles. The number of methoxy groups -OCH3 is 1. The lowest BCUT2D eigenvalue weighted by molar-refractivity contribution is -0.121. The molecule has 156 valence electrons. The van der Waals surface area contributed by atoms with E-state index in [2.05, 4.69) is 35.9 Å². The Kier molecular flexibility index (Phi) is 6.95. The molecule has 0 unspecified atom stereocenters. The highest BCUT2D eigenvalue weighted by Crippen LogP contribution is 2.33. The molecule has 7 heteroatoms. The molecule has 0 bridgehead atoms. The highest BCUT2D eigenvalue weighted by molar-refractivity contribution is 8.18. The third-order valence-corrected chi connectivity index (χ3v) is 5.88. The van der Waals surface area contributed by atoms with Crippen molar-refractivity contribution in [3.63, 3.8) is 0 Å². The molecule has 30 heavy (non-hydrogen) atoms. The Bertz CT molecular complexity index is 995. The number of likely N-dealkylation sites (N-methyl/N-ethyl adjacent to an activating group) is 1. The molecule has 0 saturated carbocycles. The summed E-state index contributed by atoms with van der Waals surface area (Å²) in [6.07, 6.45) is 1.88. The molecule has 1 heterocycles. The monoisotopic (exact) mass is 423 g/mol. The molecule has 1 aliphatic rings. The number of ether oxygens (including phenoxy) is 1. The van der Waals surface area contributed by atoms with Crippen LogP contribution in [0.15, 0.2) is 58.4 Å². The average Bonchev–Trinajstić information content (AvgIpc) is 3.03. The van der Waals surface area contributed by atoms with Crippen molar-refractivity contribution in [3.8, 4) is 0 Å². The lowest BCUT2D eigenvalue weighted by Crippen LogP contribution is -2.23. The first-order chi connectivity index (χ1) is 14.5. The summed E-state index contributed by atoms with van der Waals surface area (Å²) in [7, 11) is 3.04. The molecule has 0 aliphatic carbocycles. The van der Waals surface area contributed by atoms with Gasteiger partial charge in [-0.15, -0.1) is 0 Å². The highest BCUT2D eigenvalue weighted by Gasteiger charge is 2.30. The first-order valence-electron chi connectivity index (χ1n) is 9.76. The van der Waals surface area contributed by atoms with Gasteiger partial charge in [0, 0.05) is 25.8 Å². The molecule has 1 aliphatic heterocycles. The number of carbonyl (C=O) groups excluding carboxylic acids is 2. The van der Waals surface area contributed by atoms with E-state index < -0.39 is 5.97 Å². The van der Waals surface area contributed by atoms with E-state index >= 15 is 0 Å². The topological polar surface area (TPSA) is 62.2 Å². The predicted octanol–water partition coefficient (Wildman–Crippen LogP) is 4.55. The molecule has 6 nitrogen and oxygen atoms in total. The number of esters is 1. The number of rotatable bonds is 6. The zero-order valence-corrected chi connectivity index (χ0v) is 18.4. The number of anilines is 1. The molecule has 0 aromatic heterocycles. The Morgan fingerprint density at radius 2 is 1.87 bits per heavy atom. The summed E-state index contributed by atoms with van der Waals surface area (Å²) in [6, 6.07) is 15.0. The molecule has 2 aromatic rings. The number of amidine groups is 1. The summed E-state index contributed by atoms with van der Waals surface area (Å²) in [4.78, 5) is 33.3. The van der Waals surface area contributed by atoms with Crippen LogP contribution in [0.1, 0.15) is 29.8 Å². The third-order valence-electron chi connectivity index (χ3n) is 4.82. The van der Waals surface area contributed by atoms with Gasteiger partial charge in [0.1, 0.15) is 0 Å². The molecular weight excluding hydrogens is 398 g/mol. The molecule has 1 amide bonds. The number of carbonyl (C=O) groups is 2. The minimum absolute atomic E-state index is 0.101. The molecule has 0 N–H and O–H groups in total. The van der Waals surface area contributed by atoms with Crippen LogP contribution in [0.25, 0.3) is 6.08 Å². The van der Waals surface area contributed by atoms with Crippen LogP contribution in [0, 0.1) is 0 Å². The summed E-state index contributed by atoms with van der Waals surface area (Å²) >= 11 is 1.32. The van der Waals surface area contributed by atoms with E-state index in [4.69, 9.17) is 4.74 Å². The second kappa shape index (κ2) is 9.63. The van der Waals surface area contributed by atoms with E-state index in [1.165, 1.54) is 23.8 Å². The fourth-order valence-electron chi connectivity index (χ4n) is 3.10. The Hall–Kier alpha value is -3.06. The normalized spacial score (nSPS) is 16.4. The first kappa shape index (κ1) is 21.6. The van der Waals surface area contributed by atoms with Crippen LogP contribution in [0.5, 0.6) is 0 Å². The number of thioether (sulfide) groups is 1. The van der Waals surface area contributed by atoms with Crippen molar-refractivity contribution < 1.29 is 14.3 Å². The predicted molar refractivity (Wildman–Crippen MR) is 123 cm³/mol. The van der Waals surface area contributed by atoms with Gasteiger partial charge in [-0.1, -0.05) is 18.2 Å². The van der Waals surface area contributed by atoms with Gasteiger partial charge in [-0.05, 0) is 67.6 Å². The van der Waals surface area contributed by atoms with Crippen molar-refractivity contribution in [1.29, 1.82) is 0 Å². The minimum Gasteiger partial charge on any atom is -0.465 e. The van der Waals surface area contributed by atoms with Crippen LogP contribution < -0.4 is 4.90 Å². The quantitative estimate of drug-likeness (QED) is 0.504. The van der Waals surface area contributed by atoms with Gasteiger partial charge in [-0.25, -0.2) is 9.79 Å². The maximum Gasteiger partial charge on any atom is 0.337 e. The van der Waals surface area contributed by atoms with Crippen LogP contribution in [0.2, 0.25) is 0 Å². The summed E-state index contributed by atoms with van der Waals surface area (Å²) in [5.74, 6) is -0.523. The van der Waals surface area contributed by atoms with Crippen molar-refractivity contribution in [2.75, 3.05) is 32.1 Å². The van der Waals surface area contributed by atoms with Crippen LogP contribution in [0.4, 0.5) is 11.4 Å². The van der Waals surface area contributed by atoms with Gasteiger partial charge in [-0.3, -0.25) is 9.69 Å². The number of aliphatic imine (C=N–C) groups is 1. The number of nitrogens with zero attached hydrogens (tertiary/aromatic N) is 3. The van der Waals surface area contributed by atoms with Gasteiger partial charge in [0.05, 0.1) is 23.3 Å². The number of benzene rings is 2. The molecule has 2 aromatic carbocycles. The minimum atomic E-state index is -0.422. The van der Waals surface area contributed by atoms with E-state index in [9.17, 15) is 9.59 Å². The summed E-state index contributed by atoms with van der Waals surface area (Å²) in [5, 5.41) is 0.563. The lowest BCUT2D eigenvalue weighted by atomic mass is 10.1. The molecule has 0 atom stereocenters. The van der Waals surface area contributed by atoms with Crippen molar-refractivity contribution in [3.05, 3.63) is 64.6 Å². The maximum atomic E-state index is 12.7. The maximum absolute atomic E-state index is 12.7. The smallest absolute Gasteiger partial charge is 0.337 e. The number of hydrogen-bond acceptors (Lipinski definition) is 6. The molecule has 3 rings (SSSR count). The Morgan fingerprint density at radius 3 is 2.50 bits per heavy atom. The van der Waals surface area contributed by atoms with Gasteiger partial charge in [0.15, 0.2) is 5.17 Å². The number of amides is 1. The van der Waals surface area contributed by atoms with E-state index in [1.54, 1.807) is 31.3 Å². The highest BCUT2D eigenvalue weighted by atomic mass is 32.2. The van der Waals surface area contributed by atoms with Crippen molar-refractivity contribution in [2.24, 2.45) is 4.99 Å². The average molecular weight is 424 g/mol. The standard InChI is InChI=1S/C23H25N3O3S/c1-5-26(6-2)19-12-10-16(11-13-19)14-20-21(27)25(3)23(30-20)24-18-9-7-8-17(15-18)22(28)29-4/h7-15H,5-6H2,1-4H3. The van der Waals surface area contributed by atoms with Crippen molar-refractivity contribution in [2.45, 2.75) is 13.8 Å². The van der Waals surface area contributed by atoms with Gasteiger partial charge < -0.3 is 9.64 Å². The van der Waals surface area contributed by atoms with Gasteiger partial charge >= 0.3 is 5.97 Å². The Balaban J connectivity index is 1.82. The number of hydrogen-bond donors (Lipinski definition) is 0. The van der Waals surface area contributed by atoms with Gasteiger partial charge in [0.2, 0.25) is 0 Å². The fourth-order valence-corrected chi connectivity index (χ4v) is 4.09. The first-order valence-corrected chi connectivity index (χ1v) is 10.6. The van der Waals surface area contributed by atoms with Crippen molar-refractivity contribution in [1.82, 2.24) is 4.90 Å². The zero-order valence-electron chi connectivity index (χ0n) is 17.6. The summed E-state index contributed by atoms with van der Waals surface area (Å²) in [6.45, 7) is 6.16. The van der Waals surface area contributed by atoms with E-state index in [-0.39, 0.29) is 5.91 Å². The summed E-state index contributed by atoms with van der Waals surface area (Å²) < 4.78 is 4.75. The summed E-state index contributed by atoms with van der Waals surface area (Å²) in [5.41, 5.74) is 3.13. The Morgan fingerprint density at radius 1 is 1.17 bits per heavy atom. The Labute approximate surface area is 181 Å². The van der Waals surface area contributed by atoms with Crippen LogP contribution in [-0.4, -0.2) is 49.2 Å². The van der Waals surface area contributed by atoms with Crippen LogP contribution >= 0.6 is 11.8 Å². The molecule has 0 spiro atoms. The second-order valence-electron chi connectivity index (χ2n) is 6.67. The van der Waals surface area contributed by atoms with E-state index in [1.807, 2.05) is 18.2 Å². The SMILES string of the molecule is CCN(CC)c1ccc(C=C2SC(=Nc3cccc(C(=O)OC)c3)N(C)C2=O)cc1. The van der Waals surface area contributed by atoms with Gasteiger partial charge in [0.25, 0.3) is 5.91 Å². The van der Waals surface area contributed by atoms with Crippen molar-refractivity contribution >= 4 is 46.3 Å². The molecule has 0 radical (unpaired) electrons. The largest absolute Gasteiger partial charge is 0.465 e. The van der Waals surface area contributed by atoms with E-state index in [0.29, 0.717) is 21.3 Å². The van der Waals surface area contributed by atoms with Crippen LogP contribution in [-0.2, 0) is 9.53 Å². The van der Waals surface area contributed by atoms with E-state index in [0.717, 1.165) is 24.3 Å². The second-order valence-corrected chi connectivity index (χ2v) is 7.68. The van der Waals surface area contributed by atoms with Crippen LogP contribution in [0.3, 0.4) is 0 Å². The fraction of sp³-hybridized carbons (Fsp3) is 0.261.